The summed E-state index contributed by atoms with van der Waals surface area (Å²) in [6, 6.07) is 0. The fourth-order valence-corrected chi connectivity index (χ4v) is 14.5. The maximum Gasteiger partial charge on any atom is 0.187 e. The van der Waals surface area contributed by atoms with E-state index < -0.39 is 228 Å². The Hall–Kier alpha value is -1.40. The highest BCUT2D eigenvalue weighted by atomic mass is 16.8. The van der Waals surface area contributed by atoms with Crippen LogP contribution in [0.3, 0.4) is 0 Å². The minimum atomic E-state index is -1.32. The Morgan fingerprint density at radius 2 is 0.302 bits per heavy atom. The topological polar surface area (TPSA) is 345 Å². The predicted octanol–water partition coefficient (Wildman–Crippen LogP) is -2.80. The molecule has 35 heteroatoms. The minimum Gasteiger partial charge on any atom is -0.394 e. The Labute approximate surface area is 561 Å². The average molecular weight is 1400 g/mol. The molecular formula is C61H108O35. The predicted molar refractivity (Wildman–Crippen MR) is 319 cm³/mol. The number of rotatable bonds is 26. The van der Waals surface area contributed by atoms with Crippen LogP contribution < -0.4 is 0 Å². The van der Waals surface area contributed by atoms with Gasteiger partial charge in [-0.3, -0.25) is 0 Å². The maximum absolute atomic E-state index is 11.3. The van der Waals surface area contributed by atoms with Gasteiger partial charge in [0.05, 0.1) is 46.2 Å². The molecule has 0 aromatic heterocycles. The number of hydrogen-bond donors (Lipinski definition) is 2. The van der Waals surface area contributed by atoms with Gasteiger partial charge in [0.2, 0.25) is 0 Å². The van der Waals surface area contributed by atoms with E-state index in [-0.39, 0.29) is 33.0 Å². The molecule has 96 heavy (non-hydrogen) atoms. The summed E-state index contributed by atoms with van der Waals surface area (Å²) in [6.45, 7) is -1.57. The molecule has 21 saturated heterocycles. The summed E-state index contributed by atoms with van der Waals surface area (Å²) in [5, 5.41) is 22.5. The van der Waals surface area contributed by atoms with E-state index in [0.717, 1.165) is 0 Å². The number of methoxy groups -OCH3 is 19. The van der Waals surface area contributed by atoms with Gasteiger partial charge in [0.1, 0.15) is 171 Å². The summed E-state index contributed by atoms with van der Waals surface area (Å²) in [7, 11) is 28.0. The maximum atomic E-state index is 11.3. The molecule has 35 nitrogen and oxygen atoms in total. The monoisotopic (exact) mass is 1400 g/mol. The smallest absolute Gasteiger partial charge is 0.187 e. The van der Waals surface area contributed by atoms with E-state index in [2.05, 4.69) is 0 Å². The zero-order valence-electron chi connectivity index (χ0n) is 58.5. The highest BCUT2D eigenvalue weighted by molar-refractivity contribution is 5.04. The highest BCUT2D eigenvalue weighted by Gasteiger charge is 2.62. The van der Waals surface area contributed by atoms with E-state index in [4.69, 9.17) is 156 Å². The normalized spacial score (nSPS) is 46.8. The lowest BCUT2D eigenvalue weighted by molar-refractivity contribution is -0.402. The van der Waals surface area contributed by atoms with Crippen molar-refractivity contribution in [3.05, 3.63) is 0 Å². The lowest BCUT2D eigenvalue weighted by Crippen LogP contribution is -2.69. The summed E-state index contributed by atoms with van der Waals surface area (Å²) in [6.07, 6.45) is -38.1. The van der Waals surface area contributed by atoms with Crippen LogP contribution >= 0.6 is 0 Å². The molecule has 0 saturated carbocycles. The second kappa shape index (κ2) is 38.9. The van der Waals surface area contributed by atoms with E-state index in [9.17, 15) is 10.2 Å². The number of aliphatic hydroxyl groups excluding tert-OH is 2. The molecule has 21 rings (SSSR count). The lowest BCUT2D eigenvalue weighted by atomic mass is 9.94. The first-order valence-electron chi connectivity index (χ1n) is 31.9. The standard InChI is InChI=1S/C61H108O35/c1-64-22-29-36-43(71-8)50(78-15)57(85-29)90-34-27(20-62)84-56(49(77-14)41(34)69-6)93-37-30(23-65-2)87-59(52(80-17)44(37)72-9)95-39-32(25-67-4)89-61(54(82-19)46(39)74-11)96-40-33(26-68-5)88-60(53(81-18)47(40)75-12)94-38-31(24-66-3)86-58(51(79-16)45(38)73-10)91-35-28(21-63)83-55(92-36)48(76-13)42(35)70-7/h27-63H,20-26H2,1-19H3/t27-,28+,29-,30-,31+,32-,33+,34+,35+,36+,37+,38+,39+,40+,41-,42-,43-,44-,45-,46-,47+,48+,49+,50+,51-,52+,53-,54+,55+,56+,57+,58+,59+,60+,61+/m0/s1. The summed E-state index contributed by atoms with van der Waals surface area (Å²) < 4.78 is 212. The van der Waals surface area contributed by atoms with Gasteiger partial charge >= 0.3 is 0 Å². The molecule has 0 aromatic carbocycles. The quantitative estimate of drug-likeness (QED) is 0.0883. The molecule has 562 valence electrons. The van der Waals surface area contributed by atoms with Crippen LogP contribution in [0, 0.1) is 0 Å². The zero-order chi connectivity index (χ0) is 69.5. The second-order valence-corrected chi connectivity index (χ2v) is 24.0. The summed E-state index contributed by atoms with van der Waals surface area (Å²) in [5.74, 6) is 0. The fraction of sp³-hybridized carbons (Fsp3) is 1.00. The van der Waals surface area contributed by atoms with Crippen molar-refractivity contribution in [2.75, 3.05) is 181 Å². The number of ether oxygens (including phenoxy) is 33. The molecule has 21 heterocycles. The van der Waals surface area contributed by atoms with Crippen LogP contribution in [0.4, 0.5) is 0 Å². The molecule has 21 aliphatic rings. The molecule has 0 spiro atoms. The van der Waals surface area contributed by atoms with Crippen LogP contribution in [-0.2, 0) is 156 Å². The van der Waals surface area contributed by atoms with Crippen LogP contribution in [0.2, 0.25) is 0 Å². The Kier molecular flexibility index (Phi) is 32.6. The Balaban J connectivity index is 1.22. The second-order valence-electron chi connectivity index (χ2n) is 24.0. The van der Waals surface area contributed by atoms with Gasteiger partial charge in [-0.25, -0.2) is 0 Å². The van der Waals surface area contributed by atoms with E-state index in [1.54, 1.807) is 0 Å². The molecule has 0 aromatic rings. The number of aliphatic hydroxyl groups is 2. The van der Waals surface area contributed by atoms with Gasteiger partial charge in [0, 0.05) is 135 Å². The molecule has 14 bridgehead atoms. The molecule has 0 radical (unpaired) electrons. The molecule has 0 unspecified atom stereocenters. The third kappa shape index (κ3) is 17.0. The van der Waals surface area contributed by atoms with Crippen molar-refractivity contribution in [3.63, 3.8) is 0 Å². The SMILES string of the molecule is COC[C@@H]1O[C@@H]2O[C@H]3[C@H](OC)[C@@H](OC)[C@@H](O[C@H]4[C@@H](OC)[C@H](OC)[C@@H](O[C@H]5[C@H](OC)[C@H](OC)[C@@H](O[C@H]6[C@H](OC)[C@@H](OC)[C@@H](O[C@H]7[C@H](OC)[C@@H](OC)[C@@H](O[C@H]8[C@H](OC)[C@@H](OC)[C@@H](O[C@H]1[C@H](OC)[C@H]2OC)O[C@H]8CO)O[C@H]7COC)O[C@@H]6CO)O[C@@H]5COC)O[C@@H]4COC)O[C@H]3COC. The van der Waals surface area contributed by atoms with Gasteiger partial charge in [-0.2, -0.15) is 0 Å². The van der Waals surface area contributed by atoms with Gasteiger partial charge in [-0.15, -0.1) is 0 Å². The average Bonchev–Trinajstić information content (AvgIpc) is 0.772. The van der Waals surface area contributed by atoms with Crippen molar-refractivity contribution in [2.24, 2.45) is 0 Å². The largest absolute Gasteiger partial charge is 0.394 e. The van der Waals surface area contributed by atoms with Gasteiger partial charge in [0.15, 0.2) is 44.0 Å². The first-order valence-corrected chi connectivity index (χ1v) is 31.9. The summed E-state index contributed by atoms with van der Waals surface area (Å²) in [5.41, 5.74) is 0. The van der Waals surface area contributed by atoms with Crippen molar-refractivity contribution in [2.45, 2.75) is 215 Å². The minimum absolute atomic E-state index is 0.0543. The third-order valence-corrected chi connectivity index (χ3v) is 19.0. The van der Waals surface area contributed by atoms with Crippen LogP contribution in [0.1, 0.15) is 0 Å². The molecule has 0 aliphatic carbocycles. The van der Waals surface area contributed by atoms with Crippen molar-refractivity contribution < 1.29 is 167 Å². The number of hydrogen-bond acceptors (Lipinski definition) is 35. The van der Waals surface area contributed by atoms with E-state index >= 15 is 0 Å². The summed E-state index contributed by atoms with van der Waals surface area (Å²) in [4.78, 5) is 0. The third-order valence-electron chi connectivity index (χ3n) is 19.0. The van der Waals surface area contributed by atoms with Crippen LogP contribution in [0.25, 0.3) is 0 Å². The van der Waals surface area contributed by atoms with Crippen LogP contribution in [0.5, 0.6) is 0 Å². The van der Waals surface area contributed by atoms with Gasteiger partial charge < -0.3 is 167 Å². The van der Waals surface area contributed by atoms with Gasteiger partial charge in [-0.1, -0.05) is 0 Å². The first kappa shape index (κ1) is 80.3. The Bertz CT molecular complexity index is 2160. The van der Waals surface area contributed by atoms with Gasteiger partial charge in [-0.05, 0) is 0 Å². The van der Waals surface area contributed by atoms with E-state index in [0.29, 0.717) is 0 Å². The summed E-state index contributed by atoms with van der Waals surface area (Å²) >= 11 is 0. The van der Waals surface area contributed by atoms with Crippen molar-refractivity contribution in [1.82, 2.24) is 0 Å². The molecular weight excluding hydrogens is 1290 g/mol. The van der Waals surface area contributed by atoms with E-state index in [1.807, 2.05) is 0 Å². The molecule has 35 atom stereocenters. The molecule has 21 aliphatic heterocycles. The van der Waals surface area contributed by atoms with Crippen LogP contribution in [0.15, 0.2) is 0 Å². The zero-order valence-corrected chi connectivity index (χ0v) is 58.5. The van der Waals surface area contributed by atoms with Gasteiger partial charge in [0.25, 0.3) is 0 Å². The molecule has 21 fully saturated rings. The molecule has 2 N–H and O–H groups in total. The van der Waals surface area contributed by atoms with E-state index in [1.165, 1.54) is 135 Å². The van der Waals surface area contributed by atoms with Crippen molar-refractivity contribution >= 4 is 0 Å². The van der Waals surface area contributed by atoms with Crippen molar-refractivity contribution in [3.8, 4) is 0 Å². The highest BCUT2D eigenvalue weighted by Crippen LogP contribution is 2.43. The first-order chi connectivity index (χ1) is 46.7. The molecule has 0 amide bonds. The fourth-order valence-electron chi connectivity index (χ4n) is 14.5. The lowest BCUT2D eigenvalue weighted by Gasteiger charge is -2.52. The Morgan fingerprint density at radius 1 is 0.177 bits per heavy atom. The van der Waals surface area contributed by atoms with Crippen molar-refractivity contribution in [1.29, 1.82) is 0 Å². The van der Waals surface area contributed by atoms with Crippen LogP contribution in [-0.4, -0.2) is 406 Å². The Morgan fingerprint density at radius 3 is 0.417 bits per heavy atom.